The number of nitrogens with zero attached hydrogens (tertiary/aromatic N) is 3. The van der Waals surface area contributed by atoms with Gasteiger partial charge in [-0.3, -0.25) is 9.80 Å². The zero-order chi connectivity index (χ0) is 25.1. The van der Waals surface area contributed by atoms with E-state index in [1.54, 1.807) is 6.21 Å². The Kier molecular flexibility index (Phi) is 4.97. The second-order valence-corrected chi connectivity index (χ2v) is 10.6. The first-order chi connectivity index (χ1) is 17.3. The fourth-order valence-corrected chi connectivity index (χ4v) is 5.74. The molecule has 0 aromatic heterocycles. The number of cyclic esters (lactones) is 1. The number of carbonyl (C=O) groups is 2. The molecule has 0 aliphatic carbocycles. The van der Waals surface area contributed by atoms with Crippen LogP contribution in [-0.2, 0) is 14.3 Å². The molecule has 180 valence electrons. The zero-order valence-corrected chi connectivity index (χ0v) is 20.5. The van der Waals surface area contributed by atoms with Crippen LogP contribution in [0.1, 0.15) is 55.0 Å². The van der Waals surface area contributed by atoms with Crippen LogP contribution in [0.15, 0.2) is 95.0 Å². The number of esters is 1. The minimum atomic E-state index is -1.38. The molecule has 0 bridgehead atoms. The summed E-state index contributed by atoms with van der Waals surface area (Å²) in [6.07, 6.45) is 1.78. The Morgan fingerprint density at radius 2 is 1.56 bits per heavy atom. The Labute approximate surface area is 210 Å². The molecule has 1 fully saturated rings. The minimum Gasteiger partial charge on any atom is -0.405 e. The van der Waals surface area contributed by atoms with Crippen LogP contribution in [0.4, 0.5) is 0 Å². The minimum absolute atomic E-state index is 0.00548. The predicted octanol–water partition coefficient (Wildman–Crippen LogP) is 4.90. The molecule has 3 aliphatic heterocycles. The van der Waals surface area contributed by atoms with E-state index in [9.17, 15) is 9.59 Å². The van der Waals surface area contributed by atoms with E-state index >= 15 is 0 Å². The van der Waals surface area contributed by atoms with E-state index in [-0.39, 0.29) is 11.7 Å². The van der Waals surface area contributed by atoms with Gasteiger partial charge in [-0.15, -0.1) is 0 Å². The maximum Gasteiger partial charge on any atom is 0.344 e. The number of ketones is 1. The fraction of sp³-hybridized carbons (Fsp3) is 0.267. The molecule has 4 atom stereocenters. The molecule has 3 aliphatic rings. The van der Waals surface area contributed by atoms with Crippen LogP contribution in [-0.4, -0.2) is 40.5 Å². The van der Waals surface area contributed by atoms with E-state index in [2.05, 4.69) is 0 Å². The normalized spacial score (nSPS) is 26.4. The second-order valence-electron chi connectivity index (χ2n) is 10.6. The number of benzene rings is 3. The smallest absolute Gasteiger partial charge is 0.344 e. The van der Waals surface area contributed by atoms with Gasteiger partial charge in [0.25, 0.3) is 0 Å². The predicted molar refractivity (Wildman–Crippen MR) is 138 cm³/mol. The van der Waals surface area contributed by atoms with Crippen molar-refractivity contribution in [3.63, 3.8) is 0 Å². The average molecular weight is 478 g/mol. The van der Waals surface area contributed by atoms with Gasteiger partial charge in [-0.1, -0.05) is 93.6 Å². The van der Waals surface area contributed by atoms with E-state index in [4.69, 9.17) is 14.8 Å². The number of hydrogen-bond donors (Lipinski definition) is 0. The molecule has 1 spiro atoms. The number of Topliss-reactive ketones (excluding diaryl/α,β-unsaturated/α-hetero) is 1. The van der Waals surface area contributed by atoms with E-state index in [1.165, 1.54) is 0 Å². The highest BCUT2D eigenvalue weighted by molar-refractivity contribution is 6.10. The standard InChI is InChI=1S/C30H27N3O3/c1-29(2,3)26(34)24-23(19-12-6-4-7-13-19)30(25-22-17-11-10-16-21(22)18-31-33(24)25)28(35)36-27(32-30)20-14-8-5-9-15-20/h4-18,23-25H,1-3H3/t23-,24-,25-,30-/m1/s1. The van der Waals surface area contributed by atoms with Gasteiger partial charge < -0.3 is 4.74 Å². The van der Waals surface area contributed by atoms with Crippen molar-refractivity contribution in [1.29, 1.82) is 0 Å². The van der Waals surface area contributed by atoms with Crippen LogP contribution in [0.3, 0.4) is 0 Å². The number of carbonyl (C=O) groups excluding carboxylic acids is 2. The molecule has 3 aromatic rings. The van der Waals surface area contributed by atoms with Gasteiger partial charge >= 0.3 is 5.97 Å². The molecule has 3 heterocycles. The van der Waals surface area contributed by atoms with Crippen molar-refractivity contribution in [3.05, 3.63) is 107 Å². The number of aliphatic imine (C=N–C) groups is 1. The summed E-state index contributed by atoms with van der Waals surface area (Å²) >= 11 is 0. The summed E-state index contributed by atoms with van der Waals surface area (Å²) in [4.78, 5) is 33.3. The second kappa shape index (κ2) is 7.98. The van der Waals surface area contributed by atoms with Crippen molar-refractivity contribution in [2.75, 3.05) is 0 Å². The summed E-state index contributed by atoms with van der Waals surface area (Å²) in [7, 11) is 0. The van der Waals surface area contributed by atoms with Crippen molar-refractivity contribution >= 4 is 23.9 Å². The first-order valence-corrected chi connectivity index (χ1v) is 12.2. The Balaban J connectivity index is 1.66. The number of ether oxygens (including phenoxy) is 1. The van der Waals surface area contributed by atoms with Crippen molar-refractivity contribution in [2.24, 2.45) is 15.5 Å². The molecule has 6 nitrogen and oxygen atoms in total. The maximum absolute atomic E-state index is 14.1. The van der Waals surface area contributed by atoms with Gasteiger partial charge in [-0.05, 0) is 28.8 Å². The zero-order valence-electron chi connectivity index (χ0n) is 20.5. The van der Waals surface area contributed by atoms with Crippen LogP contribution in [0.25, 0.3) is 0 Å². The third-order valence-corrected chi connectivity index (χ3v) is 7.37. The molecular weight excluding hydrogens is 450 g/mol. The van der Waals surface area contributed by atoms with Gasteiger partial charge in [0.15, 0.2) is 11.3 Å². The summed E-state index contributed by atoms with van der Waals surface area (Å²) in [5.74, 6) is -0.767. The van der Waals surface area contributed by atoms with Gasteiger partial charge in [0, 0.05) is 11.0 Å². The Morgan fingerprint density at radius 3 is 2.25 bits per heavy atom. The van der Waals surface area contributed by atoms with Crippen LogP contribution in [0.5, 0.6) is 0 Å². The lowest BCUT2D eigenvalue weighted by Crippen LogP contribution is -2.45. The molecule has 0 radical (unpaired) electrons. The Hall–Kier alpha value is -4.06. The van der Waals surface area contributed by atoms with Crippen molar-refractivity contribution in [1.82, 2.24) is 5.01 Å². The van der Waals surface area contributed by atoms with Crippen LogP contribution in [0, 0.1) is 5.41 Å². The SMILES string of the molecule is CC(C)(C)C(=O)[C@H]1[C@@H](c2ccccc2)[C@@]2(N=C(c3ccccc3)OC2=O)[C@H]2c3ccccc3C=NN12. The van der Waals surface area contributed by atoms with Gasteiger partial charge in [0.05, 0.1) is 12.1 Å². The van der Waals surface area contributed by atoms with Crippen LogP contribution in [0.2, 0.25) is 0 Å². The molecule has 0 N–H and O–H groups in total. The molecule has 3 aromatic carbocycles. The quantitative estimate of drug-likeness (QED) is 0.503. The van der Waals surface area contributed by atoms with Crippen molar-refractivity contribution < 1.29 is 14.3 Å². The lowest BCUT2D eigenvalue weighted by molar-refractivity contribution is -0.140. The van der Waals surface area contributed by atoms with Gasteiger partial charge in [-0.2, -0.15) is 5.10 Å². The van der Waals surface area contributed by atoms with Gasteiger partial charge in [0.2, 0.25) is 5.90 Å². The van der Waals surface area contributed by atoms with E-state index in [0.29, 0.717) is 0 Å². The molecule has 36 heavy (non-hydrogen) atoms. The number of hydrazone groups is 1. The van der Waals surface area contributed by atoms with Gasteiger partial charge in [0.1, 0.15) is 12.1 Å². The first kappa shape index (κ1) is 22.4. The number of fused-ring (bicyclic) bond motifs is 4. The summed E-state index contributed by atoms with van der Waals surface area (Å²) in [6, 6.07) is 25.7. The highest BCUT2D eigenvalue weighted by atomic mass is 16.6. The summed E-state index contributed by atoms with van der Waals surface area (Å²) in [5, 5.41) is 6.60. The lowest BCUT2D eigenvalue weighted by Gasteiger charge is -2.35. The topological polar surface area (TPSA) is 71.3 Å². The molecule has 0 amide bonds. The molecule has 1 saturated heterocycles. The molecule has 6 rings (SSSR count). The molecule has 0 saturated carbocycles. The van der Waals surface area contributed by atoms with E-state index < -0.39 is 34.9 Å². The molecular formula is C30H27N3O3. The molecule has 0 unspecified atom stereocenters. The summed E-state index contributed by atoms with van der Waals surface area (Å²) in [6.45, 7) is 5.72. The molecule has 6 heteroatoms. The van der Waals surface area contributed by atoms with Crippen LogP contribution >= 0.6 is 0 Å². The van der Waals surface area contributed by atoms with E-state index in [0.717, 1.165) is 22.3 Å². The third-order valence-electron chi connectivity index (χ3n) is 7.37. The third kappa shape index (κ3) is 3.17. The first-order valence-electron chi connectivity index (χ1n) is 12.2. The van der Waals surface area contributed by atoms with Crippen molar-refractivity contribution in [3.8, 4) is 0 Å². The largest absolute Gasteiger partial charge is 0.405 e. The fourth-order valence-electron chi connectivity index (χ4n) is 5.74. The summed E-state index contributed by atoms with van der Waals surface area (Å²) in [5.41, 5.74) is 1.36. The monoisotopic (exact) mass is 477 g/mol. The summed E-state index contributed by atoms with van der Waals surface area (Å²) < 4.78 is 5.94. The Morgan fingerprint density at radius 1 is 0.917 bits per heavy atom. The number of hydrogen-bond acceptors (Lipinski definition) is 6. The highest BCUT2D eigenvalue weighted by Gasteiger charge is 2.71. The number of rotatable bonds is 3. The highest BCUT2D eigenvalue weighted by Crippen LogP contribution is 2.59. The van der Waals surface area contributed by atoms with Crippen molar-refractivity contribution in [2.45, 2.75) is 44.3 Å². The Bertz CT molecular complexity index is 1410. The van der Waals surface area contributed by atoms with Gasteiger partial charge in [-0.25, -0.2) is 9.79 Å². The maximum atomic E-state index is 14.1. The lowest BCUT2D eigenvalue weighted by atomic mass is 9.70. The average Bonchev–Trinajstić information content (AvgIpc) is 3.39. The van der Waals surface area contributed by atoms with E-state index in [1.807, 2.05) is 111 Å². The van der Waals surface area contributed by atoms with Crippen LogP contribution < -0.4 is 0 Å².